The van der Waals surface area contributed by atoms with E-state index in [0.29, 0.717) is 5.15 Å². The topological polar surface area (TPSA) is 63.1 Å². The van der Waals surface area contributed by atoms with E-state index in [9.17, 15) is 4.79 Å². The van der Waals surface area contributed by atoms with Gasteiger partial charge in [0.1, 0.15) is 5.15 Å². The largest absolute Gasteiger partial charge is 0.481 e. The third-order valence-electron chi connectivity index (χ3n) is 1.99. The van der Waals surface area contributed by atoms with Crippen LogP contribution < -0.4 is 0 Å². The molecule has 0 amide bonds. The van der Waals surface area contributed by atoms with E-state index in [1.807, 2.05) is 30.3 Å². The zero-order chi connectivity index (χ0) is 13.4. The van der Waals surface area contributed by atoms with E-state index < -0.39 is 5.97 Å². The summed E-state index contributed by atoms with van der Waals surface area (Å²) in [5.74, 6) is -0.745. The van der Waals surface area contributed by atoms with Crippen LogP contribution in [0, 0.1) is 0 Å². The van der Waals surface area contributed by atoms with Crippen LogP contribution in [-0.4, -0.2) is 21.0 Å². The summed E-state index contributed by atoms with van der Waals surface area (Å²) in [4.78, 5) is 17.5. The quantitative estimate of drug-likeness (QED) is 0.904. The molecule has 1 aromatic carbocycles. The highest BCUT2D eigenvalue weighted by atomic mass is 35.5. The first-order valence-corrected chi connectivity index (χ1v) is 5.76. The summed E-state index contributed by atoms with van der Waals surface area (Å²) in [6.45, 7) is 1.60. The highest BCUT2D eigenvalue weighted by Crippen LogP contribution is 2.15. The van der Waals surface area contributed by atoms with E-state index in [2.05, 4.69) is 9.97 Å². The second-order valence-electron chi connectivity index (χ2n) is 3.34. The molecule has 0 aliphatic rings. The summed E-state index contributed by atoms with van der Waals surface area (Å²) in [5, 5.41) is 8.14. The number of carbonyl (C=O) groups is 1. The molecule has 1 N–H and O–H groups in total. The van der Waals surface area contributed by atoms with Crippen LogP contribution in [0.3, 0.4) is 0 Å². The average Bonchev–Trinajstić information content (AvgIpc) is 2.41. The molecule has 0 saturated heterocycles. The molecular formula is C13H13ClN2O2. The number of aromatic nitrogens is 2. The number of hydrogen-bond donors (Lipinski definition) is 1. The summed E-state index contributed by atoms with van der Waals surface area (Å²) < 4.78 is 0. The Bertz CT molecular complexity index is 486. The van der Waals surface area contributed by atoms with Crippen LogP contribution in [0.1, 0.15) is 13.3 Å². The van der Waals surface area contributed by atoms with Crippen molar-refractivity contribution in [1.29, 1.82) is 0 Å². The molecule has 0 aliphatic heterocycles. The predicted molar refractivity (Wildman–Crippen MR) is 70.4 cm³/mol. The summed E-state index contributed by atoms with van der Waals surface area (Å²) >= 11 is 5.63. The third kappa shape index (κ3) is 4.93. The zero-order valence-corrected chi connectivity index (χ0v) is 10.6. The predicted octanol–water partition coefficient (Wildman–Crippen LogP) is 3.28. The van der Waals surface area contributed by atoms with E-state index in [-0.39, 0.29) is 6.42 Å². The lowest BCUT2D eigenvalue weighted by Crippen LogP contribution is -1.86. The number of rotatable bonds is 2. The van der Waals surface area contributed by atoms with Crippen molar-refractivity contribution in [2.75, 3.05) is 0 Å². The number of benzene rings is 1. The lowest BCUT2D eigenvalue weighted by molar-refractivity contribution is -0.136. The first-order valence-electron chi connectivity index (χ1n) is 5.38. The molecule has 2 aromatic rings. The van der Waals surface area contributed by atoms with E-state index in [1.54, 1.807) is 19.3 Å². The van der Waals surface area contributed by atoms with E-state index >= 15 is 0 Å². The highest BCUT2D eigenvalue weighted by Gasteiger charge is 1.97. The van der Waals surface area contributed by atoms with Gasteiger partial charge >= 0.3 is 5.97 Å². The van der Waals surface area contributed by atoms with Gasteiger partial charge in [-0.25, -0.2) is 4.98 Å². The molecule has 1 aromatic heterocycles. The van der Waals surface area contributed by atoms with Crippen LogP contribution >= 0.6 is 11.6 Å². The molecule has 0 saturated carbocycles. The van der Waals surface area contributed by atoms with Crippen molar-refractivity contribution in [1.82, 2.24) is 9.97 Å². The summed E-state index contributed by atoms with van der Waals surface area (Å²) in [6.07, 6.45) is 3.43. The minimum absolute atomic E-state index is 0.222. The van der Waals surface area contributed by atoms with Gasteiger partial charge < -0.3 is 5.11 Å². The smallest absolute Gasteiger partial charge is 0.303 e. The maximum Gasteiger partial charge on any atom is 0.303 e. The Hall–Kier alpha value is -1.94. The van der Waals surface area contributed by atoms with Crippen LogP contribution in [0.15, 0.2) is 42.7 Å². The number of nitrogens with zero attached hydrogens (tertiary/aromatic N) is 2. The molecular weight excluding hydrogens is 252 g/mol. The Balaban J connectivity index is 0.000000280. The molecule has 2 rings (SSSR count). The minimum atomic E-state index is -0.745. The van der Waals surface area contributed by atoms with Crippen molar-refractivity contribution in [3.63, 3.8) is 0 Å². The fourth-order valence-electron chi connectivity index (χ4n) is 1.07. The van der Waals surface area contributed by atoms with Gasteiger partial charge in [0, 0.05) is 12.0 Å². The third-order valence-corrected chi connectivity index (χ3v) is 2.19. The van der Waals surface area contributed by atoms with Gasteiger partial charge in [-0.15, -0.1) is 0 Å². The molecule has 94 valence electrons. The van der Waals surface area contributed by atoms with Gasteiger partial charge in [-0.2, -0.15) is 0 Å². The molecule has 0 spiro atoms. The molecule has 0 radical (unpaired) electrons. The number of halogens is 1. The summed E-state index contributed by atoms with van der Waals surface area (Å²) in [6, 6.07) is 9.86. The normalized spacial score (nSPS) is 9.22. The van der Waals surface area contributed by atoms with Crippen LogP contribution in [0.2, 0.25) is 5.15 Å². The zero-order valence-electron chi connectivity index (χ0n) is 9.88. The van der Waals surface area contributed by atoms with Crippen molar-refractivity contribution < 1.29 is 9.90 Å². The van der Waals surface area contributed by atoms with Crippen molar-refractivity contribution in [2.24, 2.45) is 0 Å². The second kappa shape index (κ2) is 7.40. The standard InChI is InChI=1S/C10H7ClN2.C3H6O2/c11-10-7-12-9(6-13-10)8-4-2-1-3-5-8;1-2-3(4)5/h1-7H;2H2,1H3,(H,4,5). The molecule has 0 aliphatic carbocycles. The molecule has 1 heterocycles. The Kier molecular flexibility index (Phi) is 5.80. The Morgan fingerprint density at radius 3 is 2.28 bits per heavy atom. The Morgan fingerprint density at radius 2 is 1.83 bits per heavy atom. The monoisotopic (exact) mass is 264 g/mol. The van der Waals surface area contributed by atoms with Gasteiger partial charge in [-0.1, -0.05) is 48.9 Å². The summed E-state index contributed by atoms with van der Waals surface area (Å²) in [5.41, 5.74) is 1.89. The SMILES string of the molecule is CCC(=O)O.Clc1cnc(-c2ccccc2)cn1. The molecule has 0 atom stereocenters. The first kappa shape index (κ1) is 14.1. The van der Waals surface area contributed by atoms with Crippen molar-refractivity contribution in [3.8, 4) is 11.3 Å². The van der Waals surface area contributed by atoms with Crippen LogP contribution in [0.25, 0.3) is 11.3 Å². The number of carboxylic acids is 1. The van der Waals surface area contributed by atoms with Crippen molar-refractivity contribution in [3.05, 3.63) is 47.9 Å². The van der Waals surface area contributed by atoms with Gasteiger partial charge in [0.25, 0.3) is 0 Å². The van der Waals surface area contributed by atoms with Gasteiger partial charge in [0.15, 0.2) is 0 Å². The van der Waals surface area contributed by atoms with Gasteiger partial charge in [0.2, 0.25) is 0 Å². The maximum absolute atomic E-state index is 9.37. The van der Waals surface area contributed by atoms with Crippen molar-refractivity contribution in [2.45, 2.75) is 13.3 Å². The number of aliphatic carboxylic acids is 1. The fourth-order valence-corrected chi connectivity index (χ4v) is 1.17. The lowest BCUT2D eigenvalue weighted by Gasteiger charge is -1.98. The number of hydrogen-bond acceptors (Lipinski definition) is 3. The fraction of sp³-hybridized carbons (Fsp3) is 0.154. The summed E-state index contributed by atoms with van der Waals surface area (Å²) in [7, 11) is 0. The molecule has 0 unspecified atom stereocenters. The van der Waals surface area contributed by atoms with E-state index in [1.165, 1.54) is 0 Å². The molecule has 4 nitrogen and oxygen atoms in total. The Labute approximate surface area is 110 Å². The van der Waals surface area contributed by atoms with Crippen molar-refractivity contribution >= 4 is 17.6 Å². The molecule has 18 heavy (non-hydrogen) atoms. The first-order chi connectivity index (χ1) is 8.63. The average molecular weight is 265 g/mol. The van der Waals surface area contributed by atoms with E-state index in [0.717, 1.165) is 11.3 Å². The van der Waals surface area contributed by atoms with Gasteiger partial charge in [0.05, 0.1) is 18.1 Å². The molecule has 5 heteroatoms. The number of carboxylic acid groups (broad SMARTS) is 1. The molecule has 0 bridgehead atoms. The highest BCUT2D eigenvalue weighted by molar-refractivity contribution is 6.29. The minimum Gasteiger partial charge on any atom is -0.481 e. The second-order valence-corrected chi connectivity index (χ2v) is 3.72. The van der Waals surface area contributed by atoms with E-state index in [4.69, 9.17) is 16.7 Å². The van der Waals surface area contributed by atoms with Crippen LogP contribution in [-0.2, 0) is 4.79 Å². The maximum atomic E-state index is 9.37. The van der Waals surface area contributed by atoms with Crippen LogP contribution in [0.4, 0.5) is 0 Å². The Morgan fingerprint density at radius 1 is 1.22 bits per heavy atom. The van der Waals surface area contributed by atoms with Crippen LogP contribution in [0.5, 0.6) is 0 Å². The van der Waals surface area contributed by atoms with Gasteiger partial charge in [-0.05, 0) is 0 Å². The molecule has 0 fully saturated rings. The lowest BCUT2D eigenvalue weighted by atomic mass is 10.2. The van der Waals surface area contributed by atoms with Gasteiger partial charge in [-0.3, -0.25) is 9.78 Å².